The van der Waals surface area contributed by atoms with Crippen molar-refractivity contribution < 1.29 is 14.7 Å². The molecule has 0 spiro atoms. The molecule has 0 aromatic heterocycles. The Morgan fingerprint density at radius 1 is 1.25 bits per heavy atom. The van der Waals surface area contributed by atoms with E-state index in [9.17, 15) is 0 Å². The molecule has 2 aromatic rings. The van der Waals surface area contributed by atoms with Crippen molar-refractivity contribution in [3.63, 3.8) is 0 Å². The number of ether oxygens (including phenoxy) is 2. The van der Waals surface area contributed by atoms with Crippen LogP contribution in [-0.4, -0.2) is 18.5 Å². The standard InChI is InChI=1S/C15H14INO3/c1-19-14-8-12(9-17-18)7-13(16)15(14)20-10-11-5-3-2-4-6-11/h2-9,18H,10H2,1H3/b17-9-. The Morgan fingerprint density at radius 3 is 2.65 bits per heavy atom. The molecule has 0 unspecified atom stereocenters. The van der Waals surface area contributed by atoms with Gasteiger partial charge in [-0.2, -0.15) is 0 Å². The van der Waals surface area contributed by atoms with E-state index in [0.717, 1.165) is 14.7 Å². The molecule has 4 nitrogen and oxygen atoms in total. The molecular formula is C15H14INO3. The zero-order chi connectivity index (χ0) is 14.4. The van der Waals surface area contributed by atoms with E-state index in [-0.39, 0.29) is 0 Å². The van der Waals surface area contributed by atoms with Crippen LogP contribution >= 0.6 is 22.6 Å². The van der Waals surface area contributed by atoms with Crippen molar-refractivity contribution in [2.24, 2.45) is 5.16 Å². The van der Waals surface area contributed by atoms with Gasteiger partial charge in [0.15, 0.2) is 11.5 Å². The second kappa shape index (κ2) is 7.14. The number of hydrogen-bond donors (Lipinski definition) is 1. The van der Waals surface area contributed by atoms with E-state index in [4.69, 9.17) is 14.7 Å². The molecule has 2 aromatic carbocycles. The summed E-state index contributed by atoms with van der Waals surface area (Å²) in [6.45, 7) is 0.473. The van der Waals surface area contributed by atoms with Gasteiger partial charge in [0.1, 0.15) is 6.61 Å². The molecule has 2 rings (SSSR count). The summed E-state index contributed by atoms with van der Waals surface area (Å²) < 4.78 is 12.1. The lowest BCUT2D eigenvalue weighted by atomic mass is 10.2. The first-order valence-electron chi connectivity index (χ1n) is 5.96. The van der Waals surface area contributed by atoms with Crippen LogP contribution in [0.15, 0.2) is 47.6 Å². The lowest BCUT2D eigenvalue weighted by molar-refractivity contribution is 0.282. The smallest absolute Gasteiger partial charge is 0.174 e. The number of rotatable bonds is 5. The Labute approximate surface area is 131 Å². The third-order valence-electron chi connectivity index (χ3n) is 2.68. The van der Waals surface area contributed by atoms with Crippen LogP contribution in [0, 0.1) is 3.57 Å². The lowest BCUT2D eigenvalue weighted by Crippen LogP contribution is -2.00. The van der Waals surface area contributed by atoms with Crippen molar-refractivity contribution in [3.8, 4) is 11.5 Å². The van der Waals surface area contributed by atoms with Crippen molar-refractivity contribution in [1.29, 1.82) is 0 Å². The minimum Gasteiger partial charge on any atom is -0.493 e. The molecule has 0 atom stereocenters. The van der Waals surface area contributed by atoms with Crippen molar-refractivity contribution in [2.45, 2.75) is 6.61 Å². The Balaban J connectivity index is 2.22. The molecule has 0 heterocycles. The summed E-state index contributed by atoms with van der Waals surface area (Å²) in [4.78, 5) is 0. The van der Waals surface area contributed by atoms with Gasteiger partial charge in [0.25, 0.3) is 0 Å². The fourth-order valence-electron chi connectivity index (χ4n) is 1.75. The van der Waals surface area contributed by atoms with Gasteiger partial charge in [-0.3, -0.25) is 0 Å². The third kappa shape index (κ3) is 3.63. The zero-order valence-electron chi connectivity index (χ0n) is 10.9. The summed E-state index contributed by atoms with van der Waals surface area (Å²) in [5.74, 6) is 1.30. The molecule has 20 heavy (non-hydrogen) atoms. The highest BCUT2D eigenvalue weighted by atomic mass is 127. The first-order chi connectivity index (χ1) is 9.74. The largest absolute Gasteiger partial charge is 0.493 e. The topological polar surface area (TPSA) is 51.0 Å². The maximum Gasteiger partial charge on any atom is 0.174 e. The molecule has 0 aliphatic heterocycles. The molecule has 0 aliphatic carbocycles. The van der Waals surface area contributed by atoms with Crippen LogP contribution in [0.1, 0.15) is 11.1 Å². The van der Waals surface area contributed by atoms with Gasteiger partial charge in [-0.15, -0.1) is 0 Å². The molecule has 0 amide bonds. The highest BCUT2D eigenvalue weighted by Crippen LogP contribution is 2.34. The van der Waals surface area contributed by atoms with Gasteiger partial charge >= 0.3 is 0 Å². The minimum absolute atomic E-state index is 0.473. The maximum absolute atomic E-state index is 8.59. The van der Waals surface area contributed by atoms with E-state index in [2.05, 4.69) is 27.7 Å². The number of methoxy groups -OCH3 is 1. The first-order valence-corrected chi connectivity index (χ1v) is 7.04. The maximum atomic E-state index is 8.59. The Bertz CT molecular complexity index is 600. The number of hydrogen-bond acceptors (Lipinski definition) is 4. The molecule has 0 fully saturated rings. The van der Waals surface area contributed by atoms with E-state index in [1.165, 1.54) is 6.21 Å². The van der Waals surface area contributed by atoms with E-state index in [1.54, 1.807) is 13.2 Å². The van der Waals surface area contributed by atoms with Gasteiger partial charge in [0.2, 0.25) is 0 Å². The van der Waals surface area contributed by atoms with E-state index in [0.29, 0.717) is 18.1 Å². The lowest BCUT2D eigenvalue weighted by Gasteiger charge is -2.13. The fraction of sp³-hybridized carbons (Fsp3) is 0.133. The molecular weight excluding hydrogens is 369 g/mol. The molecule has 1 N–H and O–H groups in total. The monoisotopic (exact) mass is 383 g/mol. The third-order valence-corrected chi connectivity index (χ3v) is 3.49. The summed E-state index contributed by atoms with van der Waals surface area (Å²) in [5.41, 5.74) is 1.84. The van der Waals surface area contributed by atoms with Crippen LogP contribution in [0.5, 0.6) is 11.5 Å². The summed E-state index contributed by atoms with van der Waals surface area (Å²) in [7, 11) is 1.58. The van der Waals surface area contributed by atoms with Gasteiger partial charge < -0.3 is 14.7 Å². The van der Waals surface area contributed by atoms with Crippen LogP contribution < -0.4 is 9.47 Å². The Kier molecular flexibility index (Phi) is 5.23. The zero-order valence-corrected chi connectivity index (χ0v) is 13.1. The quantitative estimate of drug-likeness (QED) is 0.371. The Hall–Kier alpha value is -1.76. The molecule has 5 heteroatoms. The highest BCUT2D eigenvalue weighted by molar-refractivity contribution is 14.1. The summed E-state index contributed by atoms with van der Waals surface area (Å²) >= 11 is 2.17. The molecule has 0 aliphatic rings. The predicted molar refractivity (Wildman–Crippen MR) is 85.9 cm³/mol. The number of halogens is 1. The second-order valence-corrected chi connectivity index (χ2v) is 5.22. The SMILES string of the molecule is COc1cc(/C=N\O)cc(I)c1OCc1ccccc1. The van der Waals surface area contributed by atoms with E-state index >= 15 is 0 Å². The van der Waals surface area contributed by atoms with E-state index in [1.807, 2.05) is 36.4 Å². The normalized spacial score (nSPS) is 10.7. The van der Waals surface area contributed by atoms with Gasteiger partial charge in [0, 0.05) is 5.56 Å². The van der Waals surface area contributed by atoms with Gasteiger partial charge in [0.05, 0.1) is 16.9 Å². The summed E-state index contributed by atoms with van der Waals surface area (Å²) in [6.07, 6.45) is 1.35. The highest BCUT2D eigenvalue weighted by Gasteiger charge is 2.11. The van der Waals surface area contributed by atoms with Crippen molar-refractivity contribution in [1.82, 2.24) is 0 Å². The number of oxime groups is 1. The summed E-state index contributed by atoms with van der Waals surface area (Å²) in [6, 6.07) is 13.6. The molecule has 104 valence electrons. The van der Waals surface area contributed by atoms with Crippen LogP contribution in [0.3, 0.4) is 0 Å². The average molecular weight is 383 g/mol. The predicted octanol–water partition coefficient (Wildman–Crippen LogP) is 3.69. The molecule has 0 radical (unpaired) electrons. The van der Waals surface area contributed by atoms with Crippen LogP contribution in [0.2, 0.25) is 0 Å². The second-order valence-electron chi connectivity index (χ2n) is 4.05. The Morgan fingerprint density at radius 2 is 2.00 bits per heavy atom. The number of benzene rings is 2. The van der Waals surface area contributed by atoms with Crippen molar-refractivity contribution in [2.75, 3.05) is 7.11 Å². The van der Waals surface area contributed by atoms with Crippen LogP contribution in [0.25, 0.3) is 0 Å². The first kappa shape index (κ1) is 14.6. The van der Waals surface area contributed by atoms with Crippen LogP contribution in [0.4, 0.5) is 0 Å². The van der Waals surface area contributed by atoms with Crippen molar-refractivity contribution >= 4 is 28.8 Å². The molecule has 0 saturated carbocycles. The van der Waals surface area contributed by atoms with E-state index < -0.39 is 0 Å². The average Bonchev–Trinajstić information content (AvgIpc) is 2.47. The fourth-order valence-corrected chi connectivity index (χ4v) is 2.53. The summed E-state index contributed by atoms with van der Waals surface area (Å²) in [5, 5.41) is 11.6. The molecule has 0 saturated heterocycles. The minimum atomic E-state index is 0.473. The number of nitrogens with zero attached hydrogens (tertiary/aromatic N) is 1. The van der Waals surface area contributed by atoms with Gasteiger partial charge in [-0.05, 0) is 40.3 Å². The molecule has 0 bridgehead atoms. The van der Waals surface area contributed by atoms with Crippen LogP contribution in [-0.2, 0) is 6.61 Å². The van der Waals surface area contributed by atoms with Gasteiger partial charge in [-0.25, -0.2) is 0 Å². The van der Waals surface area contributed by atoms with Gasteiger partial charge in [-0.1, -0.05) is 35.5 Å². The van der Waals surface area contributed by atoms with Crippen molar-refractivity contribution in [3.05, 3.63) is 57.2 Å².